The van der Waals surface area contributed by atoms with Crippen molar-refractivity contribution in [3.05, 3.63) is 29.6 Å². The molecule has 0 spiro atoms. The summed E-state index contributed by atoms with van der Waals surface area (Å²) in [7, 11) is 0. The van der Waals surface area contributed by atoms with Gasteiger partial charge in [0.2, 0.25) is 5.91 Å². The second-order valence-electron chi connectivity index (χ2n) is 5.61. The first-order valence-electron chi connectivity index (χ1n) is 6.85. The minimum absolute atomic E-state index is 0.242. The van der Waals surface area contributed by atoms with Crippen molar-refractivity contribution in [3.63, 3.8) is 0 Å². The molecule has 2 atom stereocenters. The molecular formula is C15H21FN2O. The van der Waals surface area contributed by atoms with Crippen molar-refractivity contribution in [3.8, 4) is 0 Å². The Kier molecular flexibility index (Phi) is 4.08. The summed E-state index contributed by atoms with van der Waals surface area (Å²) < 4.78 is 13.8. The highest BCUT2D eigenvalue weighted by Crippen LogP contribution is 2.32. The van der Waals surface area contributed by atoms with Crippen LogP contribution in [-0.2, 0) is 0 Å². The Morgan fingerprint density at radius 3 is 2.53 bits per heavy atom. The molecular weight excluding hydrogens is 243 g/mol. The summed E-state index contributed by atoms with van der Waals surface area (Å²) in [6.07, 6.45) is 3.53. The van der Waals surface area contributed by atoms with Crippen molar-refractivity contribution in [2.45, 2.75) is 39.2 Å². The van der Waals surface area contributed by atoms with Crippen LogP contribution in [0.5, 0.6) is 0 Å². The molecule has 19 heavy (non-hydrogen) atoms. The molecule has 2 rings (SSSR count). The van der Waals surface area contributed by atoms with Gasteiger partial charge in [-0.25, -0.2) is 4.39 Å². The lowest BCUT2D eigenvalue weighted by Crippen LogP contribution is -2.37. The predicted molar refractivity (Wildman–Crippen MR) is 74.5 cm³/mol. The molecule has 1 aromatic rings. The third kappa shape index (κ3) is 3.06. The number of hydrogen-bond donors (Lipinski definition) is 2. The Hall–Kier alpha value is -1.58. The molecule has 0 heterocycles. The predicted octanol–water partition coefficient (Wildman–Crippen LogP) is 3.16. The van der Waals surface area contributed by atoms with Gasteiger partial charge in [-0.15, -0.1) is 0 Å². The summed E-state index contributed by atoms with van der Waals surface area (Å²) in [5.41, 5.74) is 5.94. The second-order valence-corrected chi connectivity index (χ2v) is 5.61. The normalized spacial score (nSPS) is 27.0. The minimum Gasteiger partial charge on any atom is -0.379 e. The molecule has 0 bridgehead atoms. The first kappa shape index (κ1) is 13.8. The van der Waals surface area contributed by atoms with E-state index in [0.717, 1.165) is 12.8 Å². The van der Waals surface area contributed by atoms with E-state index in [9.17, 15) is 9.18 Å². The number of carbonyl (C=O) groups excluding carboxylic acids is 1. The first-order valence-corrected chi connectivity index (χ1v) is 6.85. The molecule has 0 radical (unpaired) electrons. The monoisotopic (exact) mass is 264 g/mol. The molecule has 1 amide bonds. The quantitative estimate of drug-likeness (QED) is 0.881. The maximum absolute atomic E-state index is 13.8. The molecule has 3 N–H and O–H groups in total. The number of halogens is 1. The summed E-state index contributed by atoms with van der Waals surface area (Å²) in [4.78, 5) is 11.2. The van der Waals surface area contributed by atoms with Gasteiger partial charge in [0.15, 0.2) is 0 Å². The number of carbonyl (C=O) groups is 1. The highest BCUT2D eigenvalue weighted by atomic mass is 19.1. The smallest absolute Gasteiger partial charge is 0.248 e. The van der Waals surface area contributed by atoms with Crippen molar-refractivity contribution in [1.82, 2.24) is 0 Å². The van der Waals surface area contributed by atoms with E-state index in [-0.39, 0.29) is 11.9 Å². The first-order chi connectivity index (χ1) is 8.99. The number of nitrogens with two attached hydrogens (primary N) is 1. The van der Waals surface area contributed by atoms with Crippen LogP contribution in [0.2, 0.25) is 0 Å². The van der Waals surface area contributed by atoms with Gasteiger partial charge in [0.25, 0.3) is 0 Å². The number of nitrogens with one attached hydrogen (secondary N) is 1. The zero-order valence-corrected chi connectivity index (χ0v) is 11.4. The summed E-state index contributed by atoms with van der Waals surface area (Å²) in [6.45, 7) is 4.37. The Bertz CT molecular complexity index is 465. The highest BCUT2D eigenvalue weighted by Gasteiger charge is 2.28. The molecule has 1 aliphatic carbocycles. The lowest BCUT2D eigenvalue weighted by molar-refractivity contribution is 0.100. The van der Waals surface area contributed by atoms with Crippen LogP contribution in [0.3, 0.4) is 0 Å². The number of amides is 1. The van der Waals surface area contributed by atoms with Gasteiger partial charge in [-0.1, -0.05) is 20.3 Å². The average molecular weight is 264 g/mol. The summed E-state index contributed by atoms with van der Waals surface area (Å²) >= 11 is 0. The van der Waals surface area contributed by atoms with Crippen molar-refractivity contribution < 1.29 is 9.18 Å². The standard InChI is InChI=1S/C15H21FN2O/c1-9-4-3-5-10(2)14(9)18-13-8-11(15(17)19)6-7-12(13)16/h6-10,14,18H,3-5H2,1-2H3,(H2,17,19). The molecule has 1 fully saturated rings. The molecule has 1 saturated carbocycles. The molecule has 2 unspecified atom stereocenters. The third-order valence-corrected chi connectivity index (χ3v) is 4.12. The molecule has 1 aliphatic rings. The van der Waals surface area contributed by atoms with Crippen LogP contribution >= 0.6 is 0 Å². The van der Waals surface area contributed by atoms with Crippen LogP contribution in [0.25, 0.3) is 0 Å². The molecule has 1 aromatic carbocycles. The fraction of sp³-hybridized carbons (Fsp3) is 0.533. The zero-order chi connectivity index (χ0) is 14.0. The lowest BCUT2D eigenvalue weighted by Gasteiger charge is -2.36. The van der Waals surface area contributed by atoms with Crippen LogP contribution in [0.1, 0.15) is 43.5 Å². The topological polar surface area (TPSA) is 55.1 Å². The van der Waals surface area contributed by atoms with Crippen molar-refractivity contribution in [2.24, 2.45) is 17.6 Å². The highest BCUT2D eigenvalue weighted by molar-refractivity contribution is 5.93. The number of hydrogen-bond acceptors (Lipinski definition) is 2. The van der Waals surface area contributed by atoms with E-state index in [4.69, 9.17) is 5.73 Å². The minimum atomic E-state index is -0.534. The van der Waals surface area contributed by atoms with E-state index in [1.54, 1.807) is 0 Å². The summed E-state index contributed by atoms with van der Waals surface area (Å²) in [6, 6.07) is 4.45. The molecule has 0 aromatic heterocycles. The number of anilines is 1. The SMILES string of the molecule is CC1CCCC(C)C1Nc1cc(C(N)=O)ccc1F. The van der Waals surface area contributed by atoms with Gasteiger partial charge >= 0.3 is 0 Å². The molecule has 3 nitrogen and oxygen atoms in total. The molecule has 0 saturated heterocycles. The second kappa shape index (κ2) is 5.59. The lowest BCUT2D eigenvalue weighted by atomic mass is 9.78. The summed E-state index contributed by atoms with van der Waals surface area (Å²) in [5.74, 6) is 0.128. The Balaban J connectivity index is 2.21. The van der Waals surface area contributed by atoms with E-state index in [2.05, 4.69) is 19.2 Å². The van der Waals surface area contributed by atoms with Crippen LogP contribution in [0, 0.1) is 17.7 Å². The van der Waals surface area contributed by atoms with Crippen molar-refractivity contribution in [1.29, 1.82) is 0 Å². The Morgan fingerprint density at radius 1 is 1.32 bits per heavy atom. The molecule has 4 heteroatoms. The van der Waals surface area contributed by atoms with Crippen LogP contribution in [0.15, 0.2) is 18.2 Å². The van der Waals surface area contributed by atoms with Crippen molar-refractivity contribution >= 4 is 11.6 Å². The third-order valence-electron chi connectivity index (χ3n) is 4.12. The van der Waals surface area contributed by atoms with E-state index in [0.29, 0.717) is 23.1 Å². The number of primary amides is 1. The van der Waals surface area contributed by atoms with Gasteiger partial charge in [-0.05, 0) is 42.9 Å². The Labute approximate surface area is 113 Å². The Morgan fingerprint density at radius 2 is 1.95 bits per heavy atom. The average Bonchev–Trinajstić information content (AvgIpc) is 2.35. The number of benzene rings is 1. The fourth-order valence-corrected chi connectivity index (χ4v) is 2.93. The van der Waals surface area contributed by atoms with Crippen LogP contribution in [-0.4, -0.2) is 11.9 Å². The van der Waals surface area contributed by atoms with Crippen LogP contribution < -0.4 is 11.1 Å². The van der Waals surface area contributed by atoms with Gasteiger partial charge in [-0.3, -0.25) is 4.79 Å². The van der Waals surface area contributed by atoms with Gasteiger partial charge in [0.05, 0.1) is 5.69 Å². The van der Waals surface area contributed by atoms with Gasteiger partial charge in [-0.2, -0.15) is 0 Å². The van der Waals surface area contributed by atoms with E-state index in [1.807, 2.05) is 0 Å². The van der Waals surface area contributed by atoms with Gasteiger partial charge in [0, 0.05) is 11.6 Å². The van der Waals surface area contributed by atoms with Gasteiger partial charge < -0.3 is 11.1 Å². The number of rotatable bonds is 3. The van der Waals surface area contributed by atoms with E-state index in [1.165, 1.54) is 24.6 Å². The van der Waals surface area contributed by atoms with Gasteiger partial charge in [0.1, 0.15) is 5.82 Å². The maximum atomic E-state index is 13.8. The molecule has 0 aliphatic heterocycles. The maximum Gasteiger partial charge on any atom is 0.248 e. The fourth-order valence-electron chi connectivity index (χ4n) is 2.93. The van der Waals surface area contributed by atoms with Crippen molar-refractivity contribution in [2.75, 3.05) is 5.32 Å². The van der Waals surface area contributed by atoms with Crippen LogP contribution in [0.4, 0.5) is 10.1 Å². The zero-order valence-electron chi connectivity index (χ0n) is 11.4. The summed E-state index contributed by atoms with van der Waals surface area (Å²) in [5, 5.41) is 3.26. The molecule has 104 valence electrons. The van der Waals surface area contributed by atoms with E-state index >= 15 is 0 Å². The largest absolute Gasteiger partial charge is 0.379 e. The van der Waals surface area contributed by atoms with E-state index < -0.39 is 5.91 Å².